The molecule has 6 heteroatoms. The van der Waals surface area contributed by atoms with E-state index in [9.17, 15) is 19.5 Å². The summed E-state index contributed by atoms with van der Waals surface area (Å²) in [6, 6.07) is 14.9. The largest absolute Gasteiger partial charge is 0.481 e. The summed E-state index contributed by atoms with van der Waals surface area (Å²) in [6.07, 6.45) is 2.88. The molecular formula is C26H29NO5. The van der Waals surface area contributed by atoms with Crippen molar-refractivity contribution < 1.29 is 24.2 Å². The van der Waals surface area contributed by atoms with E-state index in [-0.39, 0.29) is 31.4 Å². The van der Waals surface area contributed by atoms with Crippen LogP contribution in [0.3, 0.4) is 0 Å². The van der Waals surface area contributed by atoms with Gasteiger partial charge in [-0.1, -0.05) is 54.6 Å². The highest BCUT2D eigenvalue weighted by molar-refractivity contribution is 5.82. The van der Waals surface area contributed by atoms with Crippen LogP contribution in [0.1, 0.15) is 61.3 Å². The number of fused-ring (bicyclic) bond motifs is 1. The third kappa shape index (κ3) is 6.06. The zero-order valence-electron chi connectivity index (χ0n) is 18.5. The van der Waals surface area contributed by atoms with Gasteiger partial charge in [0.1, 0.15) is 6.61 Å². The van der Waals surface area contributed by atoms with Crippen molar-refractivity contribution in [3.8, 4) is 0 Å². The second kappa shape index (κ2) is 10.8. The number of allylic oxidation sites excluding steroid dienone is 2. The van der Waals surface area contributed by atoms with Crippen molar-refractivity contribution in [2.45, 2.75) is 58.1 Å². The lowest BCUT2D eigenvalue weighted by Gasteiger charge is -2.30. The number of amides is 1. The van der Waals surface area contributed by atoms with E-state index in [0.717, 1.165) is 27.8 Å². The van der Waals surface area contributed by atoms with Gasteiger partial charge in [0.05, 0.1) is 12.3 Å². The maximum Gasteiger partial charge on any atom is 0.311 e. The monoisotopic (exact) mass is 435 g/mol. The molecule has 6 nitrogen and oxygen atoms in total. The summed E-state index contributed by atoms with van der Waals surface area (Å²) in [7, 11) is 0. The summed E-state index contributed by atoms with van der Waals surface area (Å²) < 4.78 is 5.20. The van der Waals surface area contributed by atoms with Gasteiger partial charge in [0, 0.05) is 12.5 Å². The third-order valence-corrected chi connectivity index (χ3v) is 5.86. The highest BCUT2D eigenvalue weighted by Gasteiger charge is 2.32. The Labute approximate surface area is 188 Å². The average Bonchev–Trinajstić information content (AvgIpc) is 2.80. The van der Waals surface area contributed by atoms with Crippen LogP contribution < -0.4 is 5.32 Å². The van der Waals surface area contributed by atoms with Crippen LogP contribution in [0, 0.1) is 0 Å². The molecular weight excluding hydrogens is 406 g/mol. The van der Waals surface area contributed by atoms with Crippen molar-refractivity contribution in [2.75, 3.05) is 0 Å². The Balaban J connectivity index is 1.55. The van der Waals surface area contributed by atoms with Crippen molar-refractivity contribution >= 4 is 23.4 Å². The third-order valence-electron chi connectivity index (χ3n) is 5.86. The van der Waals surface area contributed by atoms with Crippen LogP contribution in [0.15, 0.2) is 54.6 Å². The molecule has 2 atom stereocenters. The maximum absolute atomic E-state index is 12.4. The van der Waals surface area contributed by atoms with Gasteiger partial charge in [0.25, 0.3) is 0 Å². The first-order chi connectivity index (χ1) is 15.4. The molecule has 2 aromatic rings. The lowest BCUT2D eigenvalue weighted by molar-refractivity contribution is -0.146. The minimum absolute atomic E-state index is 0.00808. The molecule has 168 valence electrons. The Bertz CT molecular complexity index is 1010. The molecule has 0 saturated heterocycles. The molecule has 1 aliphatic carbocycles. The number of nitrogens with one attached hydrogen (secondary N) is 1. The smallest absolute Gasteiger partial charge is 0.311 e. The number of carboxylic acids is 1. The highest BCUT2D eigenvalue weighted by Crippen LogP contribution is 2.34. The molecule has 0 aromatic heterocycles. The summed E-state index contributed by atoms with van der Waals surface area (Å²) in [5, 5.41) is 12.7. The number of hydrogen-bond donors (Lipinski definition) is 2. The number of aliphatic carboxylic acids is 1. The molecule has 1 aliphatic rings. The van der Waals surface area contributed by atoms with Crippen molar-refractivity contribution in [3.05, 3.63) is 76.9 Å². The summed E-state index contributed by atoms with van der Waals surface area (Å²) >= 11 is 0. The van der Waals surface area contributed by atoms with Gasteiger partial charge in [-0.25, -0.2) is 0 Å². The Morgan fingerprint density at radius 1 is 1.12 bits per heavy atom. The summed E-state index contributed by atoms with van der Waals surface area (Å²) in [5.74, 6) is -2.29. The molecule has 0 saturated carbocycles. The lowest BCUT2D eigenvalue weighted by atomic mass is 9.79. The van der Waals surface area contributed by atoms with E-state index < -0.39 is 17.9 Å². The maximum atomic E-state index is 12.4. The number of ether oxygens (including phenoxy) is 1. The highest BCUT2D eigenvalue weighted by atomic mass is 16.5. The first-order valence-electron chi connectivity index (χ1n) is 10.8. The summed E-state index contributed by atoms with van der Waals surface area (Å²) in [5.41, 5.74) is 4.73. The minimum Gasteiger partial charge on any atom is -0.481 e. The van der Waals surface area contributed by atoms with Gasteiger partial charge in [0.15, 0.2) is 0 Å². The predicted molar refractivity (Wildman–Crippen MR) is 122 cm³/mol. The second-order valence-corrected chi connectivity index (χ2v) is 8.13. The fourth-order valence-corrected chi connectivity index (χ4v) is 3.95. The quantitative estimate of drug-likeness (QED) is 0.605. The van der Waals surface area contributed by atoms with Crippen LogP contribution in [0.5, 0.6) is 0 Å². The molecule has 0 heterocycles. The van der Waals surface area contributed by atoms with Crippen LogP contribution >= 0.6 is 0 Å². The fraction of sp³-hybridized carbons (Fsp3) is 0.346. The van der Waals surface area contributed by atoms with Gasteiger partial charge in [-0.2, -0.15) is 0 Å². The van der Waals surface area contributed by atoms with Crippen LogP contribution in [0.25, 0.3) is 5.57 Å². The Kier molecular flexibility index (Phi) is 7.82. The molecule has 0 spiro atoms. The standard InChI is InChI=1S/C26H29NO5/c1-3-17(2)19-9-10-20-13-21(15-23(26(30)31)22(20)14-19)27-24(28)11-12-25(29)32-16-18-7-5-4-6-8-18/h3-10,14,21,23H,11-13,15-16H2,1-2H3,(H,27,28)(H,30,31). The van der Waals surface area contributed by atoms with Crippen LogP contribution in [0.4, 0.5) is 0 Å². The first-order valence-corrected chi connectivity index (χ1v) is 10.8. The molecule has 1 amide bonds. The molecule has 2 unspecified atom stereocenters. The van der Waals surface area contributed by atoms with E-state index in [2.05, 4.69) is 5.32 Å². The number of hydrogen-bond acceptors (Lipinski definition) is 4. The Morgan fingerprint density at radius 2 is 1.88 bits per heavy atom. The Morgan fingerprint density at radius 3 is 2.56 bits per heavy atom. The van der Waals surface area contributed by atoms with Gasteiger partial charge < -0.3 is 15.2 Å². The number of carboxylic acid groups (broad SMARTS) is 1. The number of carbonyl (C=O) groups is 3. The molecule has 0 bridgehead atoms. The normalized spacial score (nSPS) is 17.9. The van der Waals surface area contributed by atoms with E-state index in [0.29, 0.717) is 12.8 Å². The van der Waals surface area contributed by atoms with Gasteiger partial charge in [-0.15, -0.1) is 0 Å². The predicted octanol–water partition coefficient (Wildman–Crippen LogP) is 4.23. The number of esters is 1. The van der Waals surface area contributed by atoms with Crippen LogP contribution in [-0.2, 0) is 32.1 Å². The average molecular weight is 436 g/mol. The van der Waals surface area contributed by atoms with E-state index in [4.69, 9.17) is 4.74 Å². The van der Waals surface area contributed by atoms with Crippen molar-refractivity contribution in [2.24, 2.45) is 0 Å². The molecule has 0 fully saturated rings. The molecule has 0 radical (unpaired) electrons. The van der Waals surface area contributed by atoms with Gasteiger partial charge in [-0.3, -0.25) is 14.4 Å². The van der Waals surface area contributed by atoms with E-state index in [1.54, 1.807) is 0 Å². The number of carbonyl (C=O) groups excluding carboxylic acids is 2. The zero-order chi connectivity index (χ0) is 23.1. The van der Waals surface area contributed by atoms with Crippen molar-refractivity contribution in [3.63, 3.8) is 0 Å². The molecule has 0 aliphatic heterocycles. The zero-order valence-corrected chi connectivity index (χ0v) is 18.5. The van der Waals surface area contributed by atoms with Crippen molar-refractivity contribution in [1.29, 1.82) is 0 Å². The van der Waals surface area contributed by atoms with E-state index in [1.165, 1.54) is 0 Å². The summed E-state index contributed by atoms with van der Waals surface area (Å²) in [6.45, 7) is 4.12. The van der Waals surface area contributed by atoms with Gasteiger partial charge in [0.2, 0.25) is 5.91 Å². The van der Waals surface area contributed by atoms with Gasteiger partial charge >= 0.3 is 11.9 Å². The Hall–Kier alpha value is -3.41. The number of benzene rings is 2. The van der Waals surface area contributed by atoms with Gasteiger partial charge in [-0.05, 0) is 54.5 Å². The van der Waals surface area contributed by atoms with Crippen LogP contribution in [0.2, 0.25) is 0 Å². The minimum atomic E-state index is -0.898. The van der Waals surface area contributed by atoms with Crippen LogP contribution in [-0.4, -0.2) is 29.0 Å². The summed E-state index contributed by atoms with van der Waals surface area (Å²) in [4.78, 5) is 36.2. The topological polar surface area (TPSA) is 92.7 Å². The molecule has 32 heavy (non-hydrogen) atoms. The first kappa shape index (κ1) is 23.3. The molecule has 2 N–H and O–H groups in total. The van der Waals surface area contributed by atoms with E-state index >= 15 is 0 Å². The molecule has 2 aromatic carbocycles. The second-order valence-electron chi connectivity index (χ2n) is 8.13. The van der Waals surface area contributed by atoms with Crippen molar-refractivity contribution in [1.82, 2.24) is 5.32 Å². The van der Waals surface area contributed by atoms with E-state index in [1.807, 2.05) is 68.5 Å². The lowest BCUT2D eigenvalue weighted by Crippen LogP contribution is -2.41. The number of rotatable bonds is 8. The SMILES string of the molecule is CC=C(C)c1ccc2c(c1)C(C(=O)O)CC(NC(=O)CCC(=O)OCc1ccccc1)C2. The molecule has 3 rings (SSSR count). The fourth-order valence-electron chi connectivity index (χ4n) is 3.95.